The Hall–Kier alpha value is -4.16. The lowest BCUT2D eigenvalue weighted by atomic mass is 10.1. The van der Waals surface area contributed by atoms with E-state index in [-0.39, 0.29) is 17.1 Å². The molecule has 2 aromatic carbocycles. The molecule has 0 saturated carbocycles. The maximum atomic E-state index is 14.6. The summed E-state index contributed by atoms with van der Waals surface area (Å²) in [5, 5.41) is 0. The number of carbonyl (C=O) groups excluding carboxylic acids is 3. The first-order valence-electron chi connectivity index (χ1n) is 16.0. The van der Waals surface area contributed by atoms with Crippen LogP contribution in [0.1, 0.15) is 115 Å². The minimum absolute atomic E-state index is 0.0793. The number of unbranched alkanes of at least 4 members (excludes halogenated alkanes) is 8. The van der Waals surface area contributed by atoms with E-state index in [0.29, 0.717) is 28.5 Å². The number of halogens is 1. The zero-order valence-corrected chi connectivity index (χ0v) is 27.7. The first-order valence-corrected chi connectivity index (χ1v) is 16.9. The second-order valence-electron chi connectivity index (χ2n) is 10.9. The van der Waals surface area contributed by atoms with Gasteiger partial charge in [-0.2, -0.15) is 0 Å². The normalized spacial score (nSPS) is 11.2. The van der Waals surface area contributed by atoms with Crippen molar-refractivity contribution in [1.29, 1.82) is 0 Å². The third-order valence-corrected chi connectivity index (χ3v) is 7.96. The van der Waals surface area contributed by atoms with Crippen LogP contribution in [0.5, 0.6) is 11.5 Å². The molecule has 0 aliphatic carbocycles. The van der Waals surface area contributed by atoms with Gasteiger partial charge >= 0.3 is 17.9 Å². The number of hydrogen-bond acceptors (Lipinski definition) is 8. The van der Waals surface area contributed by atoms with Gasteiger partial charge in [0.1, 0.15) is 10.6 Å². The summed E-state index contributed by atoms with van der Waals surface area (Å²) in [5.41, 5.74) is 0.736. The second kappa shape index (κ2) is 20.1. The molecule has 1 heterocycles. The molecular formula is C37H43FO7S. The fourth-order valence-corrected chi connectivity index (χ4v) is 5.03. The van der Waals surface area contributed by atoms with Crippen LogP contribution in [0.15, 0.2) is 54.6 Å². The quantitative estimate of drug-likeness (QED) is 0.0588. The summed E-state index contributed by atoms with van der Waals surface area (Å²) in [6.45, 7) is 6.40. The lowest BCUT2D eigenvalue weighted by Gasteiger charge is -2.11. The molecule has 0 fully saturated rings. The van der Waals surface area contributed by atoms with Gasteiger partial charge in [-0.25, -0.2) is 18.8 Å². The van der Waals surface area contributed by atoms with Gasteiger partial charge in [-0.15, -0.1) is 11.3 Å². The number of esters is 3. The van der Waals surface area contributed by atoms with Gasteiger partial charge in [0.25, 0.3) is 0 Å². The topological polar surface area (TPSA) is 88.1 Å². The molecule has 7 nitrogen and oxygen atoms in total. The van der Waals surface area contributed by atoms with Gasteiger partial charge in [0.05, 0.1) is 23.7 Å². The van der Waals surface area contributed by atoms with E-state index in [1.807, 2.05) is 6.92 Å². The molecule has 0 amide bonds. The van der Waals surface area contributed by atoms with Crippen LogP contribution in [0, 0.1) is 17.7 Å². The Kier molecular flexibility index (Phi) is 15.8. The van der Waals surface area contributed by atoms with Crippen molar-refractivity contribution in [2.45, 2.75) is 91.1 Å². The summed E-state index contributed by atoms with van der Waals surface area (Å²) >= 11 is 1.15. The highest BCUT2D eigenvalue weighted by Gasteiger charge is 2.21. The number of rotatable bonds is 18. The number of carbonyl (C=O) groups is 3. The Morgan fingerprint density at radius 2 is 1.48 bits per heavy atom. The molecule has 0 radical (unpaired) electrons. The van der Waals surface area contributed by atoms with Crippen molar-refractivity contribution in [3.8, 4) is 23.3 Å². The second-order valence-corrected chi connectivity index (χ2v) is 11.9. The highest BCUT2D eigenvalue weighted by atomic mass is 32.1. The molecule has 0 saturated heterocycles. The predicted molar refractivity (Wildman–Crippen MR) is 177 cm³/mol. The van der Waals surface area contributed by atoms with E-state index in [4.69, 9.17) is 18.9 Å². The van der Waals surface area contributed by atoms with Crippen LogP contribution in [0.2, 0.25) is 0 Å². The maximum absolute atomic E-state index is 14.6. The predicted octanol–water partition coefficient (Wildman–Crippen LogP) is 8.91. The van der Waals surface area contributed by atoms with Crippen LogP contribution >= 0.6 is 11.3 Å². The summed E-state index contributed by atoms with van der Waals surface area (Å²) in [6.07, 6.45) is 10.00. The SMILES string of the molecule is CCCCCCCCCCOc1ccc(C(=O)Oc2ccc(C#Cc3ccc(C(=O)OC(C)C(=O)OCCCC)s3)cc2)cc1F. The zero-order chi connectivity index (χ0) is 33.1. The molecule has 0 bridgehead atoms. The van der Waals surface area contributed by atoms with Crippen molar-refractivity contribution in [3.63, 3.8) is 0 Å². The Morgan fingerprint density at radius 1 is 0.783 bits per heavy atom. The molecule has 0 spiro atoms. The monoisotopic (exact) mass is 650 g/mol. The van der Waals surface area contributed by atoms with Crippen LogP contribution in [0.4, 0.5) is 4.39 Å². The molecule has 246 valence electrons. The van der Waals surface area contributed by atoms with E-state index >= 15 is 0 Å². The van der Waals surface area contributed by atoms with E-state index in [2.05, 4.69) is 18.8 Å². The average molecular weight is 651 g/mol. The van der Waals surface area contributed by atoms with Crippen molar-refractivity contribution >= 4 is 29.2 Å². The Morgan fingerprint density at radius 3 is 2.17 bits per heavy atom. The molecule has 1 unspecified atom stereocenters. The number of ether oxygens (including phenoxy) is 4. The number of benzene rings is 2. The first kappa shape index (κ1) is 36.3. The molecule has 1 atom stereocenters. The van der Waals surface area contributed by atoms with Crippen molar-refractivity contribution in [2.75, 3.05) is 13.2 Å². The molecule has 46 heavy (non-hydrogen) atoms. The fraction of sp³-hybridized carbons (Fsp3) is 0.432. The largest absolute Gasteiger partial charge is 0.491 e. The van der Waals surface area contributed by atoms with Gasteiger partial charge in [-0.05, 0) is 74.4 Å². The maximum Gasteiger partial charge on any atom is 0.349 e. The van der Waals surface area contributed by atoms with Crippen LogP contribution in [-0.2, 0) is 14.3 Å². The molecule has 0 aliphatic rings. The van der Waals surface area contributed by atoms with E-state index in [9.17, 15) is 18.8 Å². The van der Waals surface area contributed by atoms with Gasteiger partial charge in [0.2, 0.25) is 0 Å². The zero-order valence-electron chi connectivity index (χ0n) is 26.9. The molecule has 0 aliphatic heterocycles. The first-order chi connectivity index (χ1) is 22.3. The molecule has 3 rings (SSSR count). The molecular weight excluding hydrogens is 607 g/mol. The molecule has 9 heteroatoms. The van der Waals surface area contributed by atoms with Crippen molar-refractivity contribution in [1.82, 2.24) is 0 Å². The lowest BCUT2D eigenvalue weighted by molar-refractivity contribution is -0.153. The van der Waals surface area contributed by atoms with E-state index < -0.39 is 29.8 Å². The third kappa shape index (κ3) is 12.7. The van der Waals surface area contributed by atoms with E-state index in [0.717, 1.165) is 49.5 Å². The van der Waals surface area contributed by atoms with E-state index in [1.54, 1.807) is 36.4 Å². The minimum atomic E-state index is -1.00. The van der Waals surface area contributed by atoms with Crippen LogP contribution in [-0.4, -0.2) is 37.2 Å². The Labute approximate surface area is 275 Å². The summed E-state index contributed by atoms with van der Waals surface area (Å²) in [6, 6.07) is 13.9. The summed E-state index contributed by atoms with van der Waals surface area (Å²) in [4.78, 5) is 37.9. The van der Waals surface area contributed by atoms with Crippen LogP contribution in [0.3, 0.4) is 0 Å². The van der Waals surface area contributed by atoms with Gasteiger partial charge < -0.3 is 18.9 Å². The van der Waals surface area contributed by atoms with Gasteiger partial charge in [0.15, 0.2) is 17.7 Å². The fourth-order valence-electron chi connectivity index (χ4n) is 4.28. The highest BCUT2D eigenvalue weighted by molar-refractivity contribution is 7.14. The molecule has 0 N–H and O–H groups in total. The van der Waals surface area contributed by atoms with Crippen LogP contribution in [0.25, 0.3) is 0 Å². The number of thiophene rings is 1. The summed E-state index contributed by atoms with van der Waals surface area (Å²) < 4.78 is 35.8. The highest BCUT2D eigenvalue weighted by Crippen LogP contribution is 2.22. The molecule has 1 aromatic heterocycles. The van der Waals surface area contributed by atoms with Gasteiger partial charge in [-0.3, -0.25) is 0 Å². The smallest absolute Gasteiger partial charge is 0.349 e. The lowest BCUT2D eigenvalue weighted by Crippen LogP contribution is -2.26. The standard InChI is InChI=1S/C37H43FO7S/c1-4-6-8-9-10-11-12-13-25-42-33-22-17-29(26-32(33)38)36(40)45-30-18-14-28(15-19-30)16-20-31-21-23-34(46-31)37(41)44-27(3)35(39)43-24-7-5-2/h14-15,17-19,21-23,26-27H,4-13,24-25H2,1-3H3. The van der Waals surface area contributed by atoms with E-state index in [1.165, 1.54) is 51.2 Å². The molecule has 3 aromatic rings. The van der Waals surface area contributed by atoms with Crippen molar-refractivity contribution in [2.24, 2.45) is 0 Å². The number of hydrogen-bond donors (Lipinski definition) is 0. The van der Waals surface area contributed by atoms with Crippen molar-refractivity contribution < 1.29 is 37.7 Å². The minimum Gasteiger partial charge on any atom is -0.491 e. The summed E-state index contributed by atoms with van der Waals surface area (Å²) in [5.74, 6) is 3.90. The Bertz CT molecular complexity index is 1470. The van der Waals surface area contributed by atoms with Gasteiger partial charge in [0, 0.05) is 5.56 Å². The van der Waals surface area contributed by atoms with Crippen LogP contribution < -0.4 is 9.47 Å². The summed E-state index contributed by atoms with van der Waals surface area (Å²) in [7, 11) is 0. The van der Waals surface area contributed by atoms with Crippen molar-refractivity contribution in [3.05, 3.63) is 81.3 Å². The Balaban J connectivity index is 1.44. The van der Waals surface area contributed by atoms with Gasteiger partial charge in [-0.1, -0.05) is 77.1 Å². The average Bonchev–Trinajstić information content (AvgIpc) is 3.53. The third-order valence-electron chi connectivity index (χ3n) is 6.98.